The highest BCUT2D eigenvalue weighted by molar-refractivity contribution is 5.61. The zero-order chi connectivity index (χ0) is 13.2. The SMILES string of the molecule is CCNc1cc(-c2cnn(C)c2)nc(C2CCC2)n1. The molecule has 1 saturated carbocycles. The van der Waals surface area contributed by atoms with Crippen molar-refractivity contribution in [1.29, 1.82) is 0 Å². The largest absolute Gasteiger partial charge is 0.370 e. The average molecular weight is 257 g/mol. The van der Waals surface area contributed by atoms with Crippen LogP contribution in [0.25, 0.3) is 11.3 Å². The Morgan fingerprint density at radius 3 is 2.79 bits per heavy atom. The van der Waals surface area contributed by atoms with Crippen LogP contribution in [0.15, 0.2) is 18.5 Å². The third kappa shape index (κ3) is 2.45. The lowest BCUT2D eigenvalue weighted by molar-refractivity contribution is 0.402. The fraction of sp³-hybridized carbons (Fsp3) is 0.500. The van der Waals surface area contributed by atoms with Crippen molar-refractivity contribution in [3.8, 4) is 11.3 Å². The van der Waals surface area contributed by atoms with Gasteiger partial charge in [-0.2, -0.15) is 5.10 Å². The summed E-state index contributed by atoms with van der Waals surface area (Å²) in [4.78, 5) is 9.34. The molecule has 1 fully saturated rings. The highest BCUT2D eigenvalue weighted by atomic mass is 15.2. The molecule has 0 aliphatic heterocycles. The summed E-state index contributed by atoms with van der Waals surface area (Å²) in [6, 6.07) is 2.00. The molecule has 1 aliphatic rings. The molecule has 2 heterocycles. The van der Waals surface area contributed by atoms with E-state index >= 15 is 0 Å². The Hall–Kier alpha value is -1.91. The van der Waals surface area contributed by atoms with Crippen LogP contribution in [0, 0.1) is 0 Å². The van der Waals surface area contributed by atoms with E-state index in [-0.39, 0.29) is 0 Å². The number of hydrogen-bond donors (Lipinski definition) is 1. The number of nitrogens with one attached hydrogen (secondary N) is 1. The summed E-state index contributed by atoms with van der Waals surface area (Å²) in [5.74, 6) is 2.43. The second-order valence-electron chi connectivity index (χ2n) is 5.06. The minimum absolute atomic E-state index is 0.536. The predicted molar refractivity (Wildman–Crippen MR) is 75.0 cm³/mol. The van der Waals surface area contributed by atoms with Gasteiger partial charge in [-0.3, -0.25) is 4.68 Å². The van der Waals surface area contributed by atoms with Crippen molar-refractivity contribution in [3.05, 3.63) is 24.3 Å². The number of aromatic nitrogens is 4. The first kappa shape index (κ1) is 12.1. The Kier molecular flexibility index (Phi) is 3.19. The van der Waals surface area contributed by atoms with Gasteiger partial charge >= 0.3 is 0 Å². The molecule has 0 spiro atoms. The maximum atomic E-state index is 4.72. The van der Waals surface area contributed by atoms with Gasteiger partial charge in [0.15, 0.2) is 0 Å². The van der Waals surface area contributed by atoms with Crippen LogP contribution >= 0.6 is 0 Å². The van der Waals surface area contributed by atoms with E-state index in [4.69, 9.17) is 4.98 Å². The molecular formula is C14H19N5. The van der Waals surface area contributed by atoms with Gasteiger partial charge in [0.25, 0.3) is 0 Å². The molecule has 0 aromatic carbocycles. The number of aryl methyl sites for hydroxylation is 1. The molecule has 100 valence electrons. The molecule has 0 radical (unpaired) electrons. The normalized spacial score (nSPS) is 15.3. The monoisotopic (exact) mass is 257 g/mol. The van der Waals surface area contributed by atoms with Crippen molar-refractivity contribution in [3.63, 3.8) is 0 Å². The number of nitrogens with zero attached hydrogens (tertiary/aromatic N) is 4. The molecule has 0 saturated heterocycles. The van der Waals surface area contributed by atoms with E-state index in [2.05, 4.69) is 22.3 Å². The summed E-state index contributed by atoms with van der Waals surface area (Å²) >= 11 is 0. The maximum Gasteiger partial charge on any atom is 0.134 e. The lowest BCUT2D eigenvalue weighted by atomic mass is 9.85. The summed E-state index contributed by atoms with van der Waals surface area (Å²) in [5, 5.41) is 7.50. The third-order valence-electron chi connectivity index (χ3n) is 3.57. The first-order chi connectivity index (χ1) is 9.26. The van der Waals surface area contributed by atoms with Gasteiger partial charge in [-0.15, -0.1) is 0 Å². The molecule has 0 bridgehead atoms. The van der Waals surface area contributed by atoms with Crippen LogP contribution in [0.2, 0.25) is 0 Å². The van der Waals surface area contributed by atoms with Crippen molar-refractivity contribution in [2.24, 2.45) is 7.05 Å². The van der Waals surface area contributed by atoms with E-state index < -0.39 is 0 Å². The molecule has 19 heavy (non-hydrogen) atoms. The summed E-state index contributed by atoms with van der Waals surface area (Å²) < 4.78 is 1.80. The minimum atomic E-state index is 0.536. The molecule has 2 aromatic rings. The molecule has 0 amide bonds. The Morgan fingerprint density at radius 2 is 2.21 bits per heavy atom. The summed E-state index contributed by atoms with van der Waals surface area (Å²) in [6.07, 6.45) is 7.55. The van der Waals surface area contributed by atoms with Crippen LogP contribution in [0.1, 0.15) is 37.9 Å². The number of rotatable bonds is 4. The maximum absolute atomic E-state index is 4.72. The van der Waals surface area contributed by atoms with E-state index in [1.807, 2.05) is 25.5 Å². The van der Waals surface area contributed by atoms with Crippen molar-refractivity contribution in [2.75, 3.05) is 11.9 Å². The average Bonchev–Trinajstić information content (AvgIpc) is 2.74. The highest BCUT2D eigenvalue weighted by Crippen LogP contribution is 2.35. The van der Waals surface area contributed by atoms with Gasteiger partial charge in [0.1, 0.15) is 11.6 Å². The first-order valence-corrected chi connectivity index (χ1v) is 6.88. The fourth-order valence-electron chi connectivity index (χ4n) is 2.29. The van der Waals surface area contributed by atoms with Crippen LogP contribution < -0.4 is 5.32 Å². The fourth-order valence-corrected chi connectivity index (χ4v) is 2.29. The lowest BCUT2D eigenvalue weighted by Gasteiger charge is -2.24. The predicted octanol–water partition coefficient (Wildman–Crippen LogP) is 2.58. The van der Waals surface area contributed by atoms with Crippen molar-refractivity contribution < 1.29 is 0 Å². The van der Waals surface area contributed by atoms with Crippen LogP contribution in [0.5, 0.6) is 0 Å². The number of hydrogen-bond acceptors (Lipinski definition) is 4. The Balaban J connectivity index is 1.99. The molecule has 0 atom stereocenters. The van der Waals surface area contributed by atoms with Crippen LogP contribution in [0.4, 0.5) is 5.82 Å². The van der Waals surface area contributed by atoms with Gasteiger partial charge in [-0.25, -0.2) is 9.97 Å². The van der Waals surface area contributed by atoms with E-state index in [0.717, 1.165) is 29.4 Å². The summed E-state index contributed by atoms with van der Waals surface area (Å²) in [7, 11) is 1.92. The van der Waals surface area contributed by atoms with Gasteiger partial charge in [0.05, 0.1) is 11.9 Å². The Labute approximate surface area is 113 Å². The lowest BCUT2D eigenvalue weighted by Crippen LogP contribution is -2.14. The molecular weight excluding hydrogens is 238 g/mol. The highest BCUT2D eigenvalue weighted by Gasteiger charge is 2.23. The molecule has 5 heteroatoms. The second kappa shape index (κ2) is 4.99. The Morgan fingerprint density at radius 1 is 1.37 bits per heavy atom. The molecule has 1 N–H and O–H groups in total. The van der Waals surface area contributed by atoms with Gasteiger partial charge < -0.3 is 5.32 Å². The quantitative estimate of drug-likeness (QED) is 0.914. The van der Waals surface area contributed by atoms with Crippen LogP contribution in [-0.4, -0.2) is 26.3 Å². The van der Waals surface area contributed by atoms with Crippen molar-refractivity contribution >= 4 is 5.82 Å². The summed E-state index contributed by atoms with van der Waals surface area (Å²) in [6.45, 7) is 2.95. The van der Waals surface area contributed by atoms with Gasteiger partial charge in [-0.1, -0.05) is 6.42 Å². The summed E-state index contributed by atoms with van der Waals surface area (Å²) in [5.41, 5.74) is 2.01. The zero-order valence-electron chi connectivity index (χ0n) is 11.4. The smallest absolute Gasteiger partial charge is 0.134 e. The van der Waals surface area contributed by atoms with Gasteiger partial charge in [0, 0.05) is 37.3 Å². The number of anilines is 1. The van der Waals surface area contributed by atoms with Crippen molar-refractivity contribution in [1.82, 2.24) is 19.7 Å². The molecule has 2 aromatic heterocycles. The minimum Gasteiger partial charge on any atom is -0.370 e. The standard InChI is InChI=1S/C14H19N5/c1-3-15-13-7-12(11-8-16-19(2)9-11)17-14(18-13)10-5-4-6-10/h7-10H,3-6H2,1-2H3,(H,15,17,18). The topological polar surface area (TPSA) is 55.6 Å². The molecule has 1 aliphatic carbocycles. The van der Waals surface area contributed by atoms with E-state index in [0.29, 0.717) is 5.92 Å². The zero-order valence-corrected chi connectivity index (χ0v) is 11.4. The van der Waals surface area contributed by atoms with Crippen LogP contribution in [0.3, 0.4) is 0 Å². The van der Waals surface area contributed by atoms with Gasteiger partial charge in [-0.05, 0) is 19.8 Å². The van der Waals surface area contributed by atoms with E-state index in [1.165, 1.54) is 19.3 Å². The van der Waals surface area contributed by atoms with Crippen molar-refractivity contribution in [2.45, 2.75) is 32.1 Å². The molecule has 5 nitrogen and oxygen atoms in total. The molecule has 3 rings (SSSR count). The molecule has 0 unspecified atom stereocenters. The Bertz CT molecular complexity index is 571. The second-order valence-corrected chi connectivity index (χ2v) is 5.06. The first-order valence-electron chi connectivity index (χ1n) is 6.88. The third-order valence-corrected chi connectivity index (χ3v) is 3.57. The van der Waals surface area contributed by atoms with E-state index in [1.54, 1.807) is 4.68 Å². The van der Waals surface area contributed by atoms with Crippen LogP contribution in [-0.2, 0) is 7.05 Å². The van der Waals surface area contributed by atoms with Gasteiger partial charge in [0.2, 0.25) is 0 Å². The van der Waals surface area contributed by atoms with E-state index in [9.17, 15) is 0 Å².